The molecule has 137 heavy (non-hydrogen) atoms. The number of benzene rings is 16. The SMILES string of the molecule is c1ccc2c(c1)-c1cc(-n3c4ccccc4c4ccccc43)ncc1B1Oc3cc4oc5ccccc5c4cc3N12.c1ccc2c(c1)-c1ccncc1B1Oc3c(-c4cccc5c4oc4ccccc45)cccc3N12.c1ccc2c(c1)-c1ccncc1B1Oc3cc4oc5ccccc5c4cc3N12.c1ccc2c(c1)-c1ccncc1B1Oc3ccc(-c4cccc5c4oc4ccccc45)cc3N12. The molecule has 9 aromatic heterocycles. The lowest BCUT2D eigenvalue weighted by Crippen LogP contribution is -2.50. The first-order valence-electron chi connectivity index (χ1n) is 46.0. The van der Waals surface area contributed by atoms with Crippen molar-refractivity contribution in [1.82, 2.24) is 24.5 Å². The molecular weight excluding hydrogens is 1690 g/mol. The number of hydrogen-bond acceptors (Lipinski definition) is 16. The lowest BCUT2D eigenvalue weighted by atomic mass is 9.65. The number of pyridine rings is 4. The minimum atomic E-state index is -0.313. The molecule has 8 aliphatic heterocycles. The lowest BCUT2D eigenvalue weighted by Gasteiger charge is -2.31. The molecule has 17 nitrogen and oxygen atoms in total. The maximum Gasteiger partial charge on any atom is 0.526 e. The van der Waals surface area contributed by atoms with Crippen LogP contribution >= 0.6 is 0 Å². The summed E-state index contributed by atoms with van der Waals surface area (Å²) < 4.78 is 53.5. The van der Waals surface area contributed by atoms with E-state index in [0.717, 1.165) is 228 Å². The molecule has 17 heterocycles. The zero-order valence-electron chi connectivity index (χ0n) is 72.8. The normalized spacial score (nSPS) is 13.5. The van der Waals surface area contributed by atoms with Gasteiger partial charge in [-0.2, -0.15) is 0 Å². The van der Waals surface area contributed by atoms with Crippen molar-refractivity contribution in [2.24, 2.45) is 0 Å². The van der Waals surface area contributed by atoms with Gasteiger partial charge in [-0.25, -0.2) is 4.98 Å². The van der Waals surface area contributed by atoms with Crippen LogP contribution in [0.15, 0.2) is 425 Å². The Morgan fingerprint density at radius 1 is 0.212 bits per heavy atom. The lowest BCUT2D eigenvalue weighted by molar-refractivity contribution is 0.599. The van der Waals surface area contributed by atoms with Gasteiger partial charge in [0, 0.05) is 193 Å². The Morgan fingerprint density at radius 2 is 0.569 bits per heavy atom. The van der Waals surface area contributed by atoms with E-state index >= 15 is 0 Å². The second-order valence-electron chi connectivity index (χ2n) is 35.5. The molecule has 8 aliphatic rings. The fourth-order valence-electron chi connectivity index (χ4n) is 22.4. The largest absolute Gasteiger partial charge is 0.536 e. The second-order valence-corrected chi connectivity index (χ2v) is 35.5. The Labute approximate surface area is 783 Å². The molecule has 0 radical (unpaired) electrons. The number of furan rings is 4. The number of hydrogen-bond donors (Lipinski definition) is 0. The predicted octanol–water partition coefficient (Wildman–Crippen LogP) is 26.0. The van der Waals surface area contributed by atoms with Crippen molar-refractivity contribution >= 4 is 205 Å². The topological polar surface area (TPSA) is 159 Å². The highest BCUT2D eigenvalue weighted by atomic mass is 16.5. The molecule has 33 rings (SSSR count). The average molecular weight is 1760 g/mol. The standard InChI is InChI=1S/C35H20BN3O2.2C29H17BN2O2.C23H13BN2O2/c1-5-13-28-21(9-1)22-10-2-6-14-29(22)38(28)35-18-25-23-11-3-7-15-30(23)39-31-17-26-24-12-4-8-16-32(24)40-33(26)19-34(31)41-36(39)27(25)20-37-35;1-3-12-25-19(7-1)18-15-16-31-17-24(18)30-32(25)26-13-6-11-23(29(26)34-30)22-10-5-9-21-20-8-2-4-14-27(20)33-28(21)22;1-3-10-25-21(6-1)20-14-15-31-17-24(20)30-32(25)26-16-18(12-13-28(26)34-30)19-8-5-9-23-22-7-2-4-11-27(22)33-29(19)23;1-3-7-19-15(5-1)14-9-10-25-13-18(14)24-26(19)20-11-17-16-6-2-4-8-21(16)27-22(17)12-23(20)28-24/h1-20H;2*1-17H;1-13H. The van der Waals surface area contributed by atoms with Crippen LogP contribution in [0.3, 0.4) is 0 Å². The molecule has 0 saturated heterocycles. The van der Waals surface area contributed by atoms with E-state index in [0.29, 0.717) is 0 Å². The Balaban J connectivity index is 0.0000000872. The molecule has 16 aromatic carbocycles. The minimum absolute atomic E-state index is 0.216. The van der Waals surface area contributed by atoms with Crippen LogP contribution in [0.5, 0.6) is 23.0 Å². The number of fused-ring (bicyclic) bond motifs is 47. The molecule has 0 fully saturated rings. The Hall–Kier alpha value is -18.2. The Bertz CT molecular complexity index is 9410. The number of anilines is 8. The number of nitrogens with zero attached hydrogens (tertiary/aromatic N) is 9. The summed E-state index contributed by atoms with van der Waals surface area (Å²) in [6.07, 6.45) is 13.3. The van der Waals surface area contributed by atoms with Gasteiger partial charge in [-0.15, -0.1) is 0 Å². The van der Waals surface area contributed by atoms with Gasteiger partial charge in [-0.05, 0) is 143 Å². The van der Waals surface area contributed by atoms with E-state index < -0.39 is 0 Å². The zero-order valence-corrected chi connectivity index (χ0v) is 72.8. The van der Waals surface area contributed by atoms with E-state index in [1.165, 1.54) is 44.2 Å². The first-order valence-corrected chi connectivity index (χ1v) is 46.0. The van der Waals surface area contributed by atoms with Crippen LogP contribution < -0.4 is 59.7 Å². The van der Waals surface area contributed by atoms with Gasteiger partial charge in [0.15, 0.2) is 0 Å². The van der Waals surface area contributed by atoms with Crippen molar-refractivity contribution in [3.63, 3.8) is 0 Å². The van der Waals surface area contributed by atoms with Gasteiger partial charge < -0.3 is 55.5 Å². The molecular formula is C116H67B4N9O8. The predicted molar refractivity (Wildman–Crippen MR) is 551 cm³/mol. The van der Waals surface area contributed by atoms with Crippen molar-refractivity contribution in [3.05, 3.63) is 407 Å². The molecule has 25 aromatic rings. The molecule has 21 heteroatoms. The van der Waals surface area contributed by atoms with Gasteiger partial charge in [0.1, 0.15) is 73.5 Å². The van der Waals surface area contributed by atoms with Crippen LogP contribution in [0, 0.1) is 0 Å². The maximum absolute atomic E-state index is 6.75. The van der Waals surface area contributed by atoms with Gasteiger partial charge in [0.05, 0.1) is 33.8 Å². The second kappa shape index (κ2) is 29.1. The molecule has 0 saturated carbocycles. The molecule has 0 atom stereocenters. The quantitative estimate of drug-likeness (QED) is 0.154. The first kappa shape index (κ1) is 75.4. The summed E-state index contributed by atoms with van der Waals surface area (Å²) in [6, 6.07) is 126. The van der Waals surface area contributed by atoms with E-state index in [1.54, 1.807) is 0 Å². The van der Waals surface area contributed by atoms with Crippen LogP contribution in [0.2, 0.25) is 0 Å². The Morgan fingerprint density at radius 3 is 1.07 bits per heavy atom. The van der Waals surface area contributed by atoms with Crippen LogP contribution in [-0.2, 0) is 0 Å². The summed E-state index contributed by atoms with van der Waals surface area (Å²) in [5, 5.41) is 11.4. The minimum Gasteiger partial charge on any atom is -0.536 e. The molecule has 636 valence electrons. The molecule has 0 N–H and O–H groups in total. The average Bonchev–Trinajstić information content (AvgIpc) is 1.42. The summed E-state index contributed by atoms with van der Waals surface area (Å²) in [5.41, 5.74) is 36.0. The summed E-state index contributed by atoms with van der Waals surface area (Å²) in [6.45, 7) is 0. The molecule has 0 spiro atoms. The third-order valence-electron chi connectivity index (χ3n) is 28.4. The van der Waals surface area contributed by atoms with Gasteiger partial charge in [-0.3, -0.25) is 19.5 Å². The van der Waals surface area contributed by atoms with Crippen molar-refractivity contribution in [1.29, 1.82) is 0 Å². The zero-order chi connectivity index (χ0) is 89.3. The van der Waals surface area contributed by atoms with Crippen molar-refractivity contribution < 1.29 is 36.3 Å². The highest BCUT2D eigenvalue weighted by Crippen LogP contribution is 2.57. The molecule has 0 aliphatic carbocycles. The van der Waals surface area contributed by atoms with Gasteiger partial charge in [-0.1, -0.05) is 237 Å². The Kier molecular flexibility index (Phi) is 16.0. The van der Waals surface area contributed by atoms with Crippen LogP contribution in [-0.4, -0.2) is 52.7 Å². The van der Waals surface area contributed by atoms with Gasteiger partial charge >= 0.3 is 28.2 Å². The van der Waals surface area contributed by atoms with E-state index in [1.807, 2.05) is 116 Å². The maximum atomic E-state index is 6.75. The van der Waals surface area contributed by atoms with Crippen LogP contribution in [0.1, 0.15) is 0 Å². The van der Waals surface area contributed by atoms with E-state index in [4.69, 9.17) is 41.3 Å². The molecule has 0 unspecified atom stereocenters. The van der Waals surface area contributed by atoms with E-state index in [-0.39, 0.29) is 28.2 Å². The van der Waals surface area contributed by atoms with Crippen molar-refractivity contribution in [3.8, 4) is 95.6 Å². The van der Waals surface area contributed by atoms with Gasteiger partial charge in [0.2, 0.25) is 0 Å². The van der Waals surface area contributed by atoms with E-state index in [2.05, 4.69) is 330 Å². The summed E-state index contributed by atoms with van der Waals surface area (Å²) >= 11 is 0. The van der Waals surface area contributed by atoms with Crippen LogP contribution in [0.4, 0.5) is 45.5 Å². The third-order valence-corrected chi connectivity index (χ3v) is 28.4. The number of rotatable bonds is 3. The molecule has 0 bridgehead atoms. The van der Waals surface area contributed by atoms with Gasteiger partial charge in [0.25, 0.3) is 0 Å². The van der Waals surface area contributed by atoms with E-state index in [9.17, 15) is 0 Å². The fourth-order valence-corrected chi connectivity index (χ4v) is 22.4. The molecule has 0 amide bonds. The summed E-state index contributed by atoms with van der Waals surface area (Å²) in [7, 11) is -1.02. The third kappa shape index (κ3) is 11.1. The monoisotopic (exact) mass is 1760 g/mol. The highest BCUT2D eigenvalue weighted by Gasteiger charge is 2.51. The first-order chi connectivity index (χ1) is 68.0. The van der Waals surface area contributed by atoms with Crippen molar-refractivity contribution in [2.45, 2.75) is 0 Å². The fraction of sp³-hybridized carbons (Fsp3) is 0. The highest BCUT2D eigenvalue weighted by molar-refractivity contribution is 6.79. The van der Waals surface area contributed by atoms with Crippen molar-refractivity contribution in [2.75, 3.05) is 19.2 Å². The smallest absolute Gasteiger partial charge is 0.526 e. The van der Waals surface area contributed by atoms with Crippen LogP contribution in [0.25, 0.3) is 182 Å². The number of aromatic nitrogens is 5. The summed E-state index contributed by atoms with van der Waals surface area (Å²) in [5.74, 6) is 4.28. The summed E-state index contributed by atoms with van der Waals surface area (Å²) in [4.78, 5) is 27.4. The number of para-hydroxylation sites is 13.